The molecule has 0 saturated heterocycles. The van der Waals surface area contributed by atoms with Crippen LogP contribution in [-0.4, -0.2) is 19.0 Å². The number of hydrogen-bond donors (Lipinski definition) is 1. The number of nitrogen functional groups attached to an aromatic ring is 1. The summed E-state index contributed by atoms with van der Waals surface area (Å²) in [5.74, 6) is 1.29. The molecule has 0 fully saturated rings. The average molecular weight is 283 g/mol. The van der Waals surface area contributed by atoms with Gasteiger partial charge < -0.3 is 15.2 Å². The van der Waals surface area contributed by atoms with Gasteiger partial charge in [0.05, 0.1) is 12.7 Å². The van der Waals surface area contributed by atoms with Gasteiger partial charge in [0.1, 0.15) is 17.6 Å². The lowest BCUT2D eigenvalue weighted by Crippen LogP contribution is -2.05. The molecule has 1 heterocycles. The van der Waals surface area contributed by atoms with E-state index in [1.54, 1.807) is 31.4 Å². The number of anilines is 1. The van der Waals surface area contributed by atoms with E-state index in [-0.39, 0.29) is 11.9 Å². The van der Waals surface area contributed by atoms with Crippen LogP contribution in [0.2, 0.25) is 0 Å². The van der Waals surface area contributed by atoms with Crippen LogP contribution < -0.4 is 15.2 Å². The normalized spacial score (nSPS) is 16.2. The van der Waals surface area contributed by atoms with Crippen LogP contribution in [0.15, 0.2) is 36.4 Å². The molecule has 1 unspecified atom stereocenters. The third kappa shape index (κ3) is 2.44. The molecule has 4 heteroatoms. The molecule has 1 atom stereocenters. The van der Waals surface area contributed by atoms with E-state index in [0.29, 0.717) is 22.6 Å². The second-order valence-corrected chi connectivity index (χ2v) is 5.24. The lowest BCUT2D eigenvalue weighted by Gasteiger charge is -2.09. The molecule has 0 saturated carbocycles. The zero-order valence-electron chi connectivity index (χ0n) is 12.1. The number of methoxy groups -OCH3 is 1. The highest BCUT2D eigenvalue weighted by molar-refractivity contribution is 6.11. The highest BCUT2D eigenvalue weighted by Crippen LogP contribution is 2.31. The van der Waals surface area contributed by atoms with Crippen LogP contribution in [0.5, 0.6) is 11.5 Å². The van der Waals surface area contributed by atoms with Gasteiger partial charge in [0.2, 0.25) is 0 Å². The fourth-order valence-corrected chi connectivity index (χ4v) is 2.62. The summed E-state index contributed by atoms with van der Waals surface area (Å²) in [4.78, 5) is 12.7. The largest absolute Gasteiger partial charge is 0.496 e. The minimum Gasteiger partial charge on any atom is -0.496 e. The fraction of sp³-hybridized carbons (Fsp3) is 0.235. The molecule has 1 aliphatic rings. The van der Waals surface area contributed by atoms with Gasteiger partial charge in [-0.15, -0.1) is 0 Å². The number of ether oxygens (including phenoxy) is 2. The number of hydrogen-bond acceptors (Lipinski definition) is 4. The van der Waals surface area contributed by atoms with Gasteiger partial charge in [0.25, 0.3) is 0 Å². The number of carbonyl (C=O) groups excluding carboxylic acids is 1. The van der Waals surface area contributed by atoms with Crippen LogP contribution in [0.1, 0.15) is 28.4 Å². The van der Waals surface area contributed by atoms with Crippen molar-refractivity contribution in [3.8, 4) is 11.5 Å². The smallest absolute Gasteiger partial charge is 0.196 e. The molecule has 0 radical (unpaired) electrons. The Bertz CT molecular complexity index is 709. The number of benzene rings is 2. The van der Waals surface area contributed by atoms with Crippen molar-refractivity contribution >= 4 is 11.5 Å². The van der Waals surface area contributed by atoms with Crippen molar-refractivity contribution in [2.24, 2.45) is 0 Å². The first-order chi connectivity index (χ1) is 10.1. The molecule has 2 aromatic rings. The predicted molar refractivity (Wildman–Crippen MR) is 81.1 cm³/mol. The Kier molecular flexibility index (Phi) is 3.29. The van der Waals surface area contributed by atoms with E-state index < -0.39 is 0 Å². The first-order valence-electron chi connectivity index (χ1n) is 6.86. The maximum Gasteiger partial charge on any atom is 0.196 e. The van der Waals surface area contributed by atoms with Crippen LogP contribution in [0.4, 0.5) is 5.69 Å². The molecule has 0 spiro atoms. The topological polar surface area (TPSA) is 61.5 Å². The van der Waals surface area contributed by atoms with Crippen molar-refractivity contribution < 1.29 is 14.3 Å². The maximum absolute atomic E-state index is 12.7. The van der Waals surface area contributed by atoms with Gasteiger partial charge in [-0.25, -0.2) is 0 Å². The van der Waals surface area contributed by atoms with E-state index in [4.69, 9.17) is 15.2 Å². The summed E-state index contributed by atoms with van der Waals surface area (Å²) in [6.07, 6.45) is 0.983. The Morgan fingerprint density at radius 1 is 1.29 bits per heavy atom. The first-order valence-corrected chi connectivity index (χ1v) is 6.86. The minimum absolute atomic E-state index is 0.0958. The number of ketones is 1. The van der Waals surface area contributed by atoms with E-state index in [0.717, 1.165) is 17.7 Å². The van der Waals surface area contributed by atoms with Crippen molar-refractivity contribution in [1.29, 1.82) is 0 Å². The Hall–Kier alpha value is -2.49. The van der Waals surface area contributed by atoms with Crippen molar-refractivity contribution in [1.82, 2.24) is 0 Å². The summed E-state index contributed by atoms with van der Waals surface area (Å²) in [5, 5.41) is 0. The highest BCUT2D eigenvalue weighted by atomic mass is 16.5. The molecule has 108 valence electrons. The average Bonchev–Trinajstić information content (AvgIpc) is 2.85. The zero-order chi connectivity index (χ0) is 15.0. The van der Waals surface area contributed by atoms with Crippen molar-refractivity contribution in [3.05, 3.63) is 53.1 Å². The molecular weight excluding hydrogens is 266 g/mol. The van der Waals surface area contributed by atoms with E-state index in [1.165, 1.54) is 0 Å². The third-order valence-electron chi connectivity index (χ3n) is 3.63. The summed E-state index contributed by atoms with van der Waals surface area (Å²) in [7, 11) is 1.54. The molecule has 0 aliphatic carbocycles. The molecule has 0 bridgehead atoms. The molecule has 2 N–H and O–H groups in total. The molecule has 0 amide bonds. The van der Waals surface area contributed by atoms with Crippen LogP contribution in [0.25, 0.3) is 0 Å². The molecule has 4 nitrogen and oxygen atoms in total. The van der Waals surface area contributed by atoms with Crippen LogP contribution >= 0.6 is 0 Å². The molecular formula is C17H17NO3. The summed E-state index contributed by atoms with van der Waals surface area (Å²) in [5.41, 5.74) is 8.48. The SMILES string of the molecule is COc1ccc(N)cc1C(=O)c1ccc2c(c1)CC(C)O2. The van der Waals surface area contributed by atoms with Crippen molar-refractivity contribution in [2.45, 2.75) is 19.4 Å². The lowest BCUT2D eigenvalue weighted by molar-refractivity contribution is 0.103. The summed E-state index contributed by atoms with van der Waals surface area (Å²) in [6.45, 7) is 2.02. The highest BCUT2D eigenvalue weighted by Gasteiger charge is 2.22. The molecule has 21 heavy (non-hydrogen) atoms. The summed E-state index contributed by atoms with van der Waals surface area (Å²) >= 11 is 0. The fourth-order valence-electron chi connectivity index (χ4n) is 2.62. The Balaban J connectivity index is 2.00. The third-order valence-corrected chi connectivity index (χ3v) is 3.63. The Labute approximate surface area is 123 Å². The molecule has 2 aromatic carbocycles. The lowest BCUT2D eigenvalue weighted by atomic mass is 9.99. The van der Waals surface area contributed by atoms with Crippen molar-refractivity contribution in [2.75, 3.05) is 12.8 Å². The van der Waals surface area contributed by atoms with Crippen LogP contribution in [0.3, 0.4) is 0 Å². The minimum atomic E-state index is -0.0958. The summed E-state index contributed by atoms with van der Waals surface area (Å²) in [6, 6.07) is 10.6. The van der Waals surface area contributed by atoms with Crippen molar-refractivity contribution in [3.63, 3.8) is 0 Å². The van der Waals surface area contributed by atoms with Gasteiger partial charge in [0.15, 0.2) is 5.78 Å². The van der Waals surface area contributed by atoms with Crippen LogP contribution in [0, 0.1) is 0 Å². The maximum atomic E-state index is 12.7. The van der Waals surface area contributed by atoms with Crippen LogP contribution in [-0.2, 0) is 6.42 Å². The number of nitrogens with two attached hydrogens (primary N) is 1. The number of rotatable bonds is 3. The second kappa shape index (κ2) is 5.13. The number of fused-ring (bicyclic) bond motifs is 1. The first kappa shape index (κ1) is 13.5. The quantitative estimate of drug-likeness (QED) is 0.695. The Morgan fingerprint density at radius 2 is 2.10 bits per heavy atom. The van der Waals surface area contributed by atoms with Gasteiger partial charge in [0, 0.05) is 17.7 Å². The molecule has 1 aliphatic heterocycles. The number of carbonyl (C=O) groups is 1. The summed E-state index contributed by atoms with van der Waals surface area (Å²) < 4.78 is 10.9. The van der Waals surface area contributed by atoms with E-state index >= 15 is 0 Å². The van der Waals surface area contributed by atoms with E-state index in [1.807, 2.05) is 19.1 Å². The van der Waals surface area contributed by atoms with E-state index in [9.17, 15) is 4.79 Å². The van der Waals surface area contributed by atoms with Gasteiger partial charge >= 0.3 is 0 Å². The second-order valence-electron chi connectivity index (χ2n) is 5.24. The van der Waals surface area contributed by atoms with E-state index in [2.05, 4.69) is 0 Å². The van der Waals surface area contributed by atoms with Gasteiger partial charge in [-0.05, 0) is 48.9 Å². The molecule has 0 aromatic heterocycles. The zero-order valence-corrected chi connectivity index (χ0v) is 12.1. The predicted octanol–water partition coefficient (Wildman–Crippen LogP) is 2.83. The van der Waals surface area contributed by atoms with Gasteiger partial charge in [-0.2, -0.15) is 0 Å². The standard InChI is InChI=1S/C17H17NO3/c1-10-7-12-8-11(3-5-15(12)21-10)17(19)14-9-13(18)4-6-16(14)20-2/h3-6,8-10H,7,18H2,1-2H3. The molecule has 3 rings (SSSR count). The Morgan fingerprint density at radius 3 is 2.86 bits per heavy atom. The monoisotopic (exact) mass is 283 g/mol. The van der Waals surface area contributed by atoms with Gasteiger partial charge in [-0.3, -0.25) is 4.79 Å². The van der Waals surface area contributed by atoms with Gasteiger partial charge in [-0.1, -0.05) is 0 Å².